The van der Waals surface area contributed by atoms with Gasteiger partial charge in [-0.1, -0.05) is 0 Å². The molecule has 0 aliphatic carbocycles. The molecule has 0 heterocycles. The molecule has 113 valence electrons. The normalized spacial score (nSPS) is 1.12. The van der Waals surface area contributed by atoms with Gasteiger partial charge in [0.2, 0.25) is 0 Å². The second-order valence-corrected chi connectivity index (χ2v) is 0. The van der Waals surface area contributed by atoms with Crippen LogP contribution in [-0.4, -0.2) is 0 Å². The van der Waals surface area contributed by atoms with E-state index in [9.17, 15) is 0 Å². The summed E-state index contributed by atoms with van der Waals surface area (Å²) in [6.45, 7) is 0. The third-order valence-electron chi connectivity index (χ3n) is 0. The van der Waals surface area contributed by atoms with Gasteiger partial charge in [0.15, 0.2) is 0 Å². The Balaban J connectivity index is -0.000000000584. The summed E-state index contributed by atoms with van der Waals surface area (Å²) in [6, 6.07) is 0. The van der Waals surface area contributed by atoms with Gasteiger partial charge in [-0.2, -0.15) is 0 Å². The first kappa shape index (κ1) is 157. The minimum Gasteiger partial charge on any atom is -1.00 e. The maximum atomic E-state index is 4.11. The van der Waals surface area contributed by atoms with Crippen molar-refractivity contribution in [1.82, 2.24) is 36.9 Å². The minimum absolute atomic E-state index is 0. The van der Waals surface area contributed by atoms with E-state index in [1.54, 1.807) is 0 Å². The zero-order chi connectivity index (χ0) is 6.00. The predicted octanol–water partition coefficient (Wildman–Crippen LogP) is -0.888. The Morgan fingerprint density at radius 3 is 0.375 bits per heavy atom. The summed E-state index contributed by atoms with van der Waals surface area (Å²) in [6.07, 6.45) is 0. The summed E-state index contributed by atoms with van der Waals surface area (Å²) in [7, 11) is 24.7. The van der Waals surface area contributed by atoms with Crippen LogP contribution in [0.5, 0.6) is 0 Å². The quantitative estimate of drug-likeness (QED) is 0.185. The summed E-state index contributed by atoms with van der Waals surface area (Å²) in [4.78, 5) is 0. The first-order valence-electron chi connectivity index (χ1n) is 0.429. The summed E-state index contributed by atoms with van der Waals surface area (Å²) >= 11 is 0. The van der Waals surface area contributed by atoms with Crippen LogP contribution < -0.4 is 61.7 Å². The Morgan fingerprint density at radius 1 is 0.375 bits per heavy atom. The Morgan fingerprint density at radius 2 is 0.375 bits per heavy atom. The number of rotatable bonds is 0. The van der Waals surface area contributed by atoms with E-state index in [2.05, 4.69) is 65.1 Å². The number of halogens is 8. The van der Waals surface area contributed by atoms with Gasteiger partial charge in [-0.15, -0.1) is 0 Å². The summed E-state index contributed by atoms with van der Waals surface area (Å²) < 4.78 is 0. The van der Waals surface area contributed by atoms with Crippen molar-refractivity contribution in [3.05, 3.63) is 0 Å². The van der Waals surface area contributed by atoms with Gasteiger partial charge in [-0.3, -0.25) is 0 Å². The van der Waals surface area contributed by atoms with Crippen LogP contribution in [0.25, 0.3) is 0 Å². The van der Waals surface area contributed by atoms with Gasteiger partial charge in [0, 0.05) is 82.5 Å². The SMILES string of the molecule is ClCl.ClCl.ClCl.N.N.N.N.N.N.[Cl-].[Cl-].[Cr].[Hg+]. The Kier molecular flexibility index (Phi) is 4450. The third kappa shape index (κ3) is 382. The van der Waals surface area contributed by atoms with Crippen LogP contribution in [0.15, 0.2) is 0 Å². The molecule has 0 saturated heterocycles. The monoisotopic (exact) mass is 636 g/mol. The van der Waals surface area contributed by atoms with Crippen LogP contribution in [-0.2, 0) is 45.0 Å². The molecule has 0 atom stereocenters. The van der Waals surface area contributed by atoms with Crippen molar-refractivity contribution in [3.63, 3.8) is 0 Å². The smallest absolute Gasteiger partial charge is 1.00 e. The molecule has 18 N–H and O–H groups in total. The standard InChI is InChI=1S/3Cl2.2ClH.Cr.Hg.6H3N/c3*1-2;;;;;;;;;;/h;;;2*1H;;;6*1H3/q;;;;;;+1;;;;;;/p-2. The maximum absolute atomic E-state index is 4.11. The van der Waals surface area contributed by atoms with Crippen LogP contribution in [0.2, 0.25) is 0 Å². The molecule has 0 unspecified atom stereocenters. The van der Waals surface area contributed by atoms with Crippen molar-refractivity contribution in [3.8, 4) is 0 Å². The summed E-state index contributed by atoms with van der Waals surface area (Å²) in [5.41, 5.74) is 0. The molecule has 0 aliphatic rings. The molecule has 0 aliphatic heterocycles. The van der Waals surface area contributed by atoms with Crippen LogP contribution in [0.4, 0.5) is 0 Å². The zero-order valence-electron chi connectivity index (χ0n) is 8.38. The fourth-order valence-electron chi connectivity index (χ4n) is 0. The topological polar surface area (TPSA) is 210 Å². The molecule has 6 nitrogen and oxygen atoms in total. The molecular formula is H18Cl8CrHgN6-. The number of hydrogen-bond acceptors (Lipinski definition) is 6. The average Bonchev–Trinajstić information content (AvgIpc) is 1.81. The van der Waals surface area contributed by atoms with Crippen molar-refractivity contribution in [1.29, 1.82) is 0 Å². The number of hydrogen-bond donors (Lipinski definition) is 6. The van der Waals surface area contributed by atoms with Crippen molar-refractivity contribution < 1.29 is 69.8 Å². The van der Waals surface area contributed by atoms with E-state index in [0.717, 1.165) is 0 Å². The second-order valence-electron chi connectivity index (χ2n) is 0. The second kappa shape index (κ2) is 454. The van der Waals surface area contributed by atoms with Gasteiger partial charge in [0.1, 0.15) is 0 Å². The van der Waals surface area contributed by atoms with Gasteiger partial charge in [0.25, 0.3) is 0 Å². The van der Waals surface area contributed by atoms with Crippen LogP contribution in [0.1, 0.15) is 0 Å². The summed E-state index contributed by atoms with van der Waals surface area (Å²) in [5, 5.41) is 0. The van der Waals surface area contributed by atoms with E-state index in [4.69, 9.17) is 0 Å². The molecule has 16 heavy (non-hydrogen) atoms. The fraction of sp³-hybridized carbons (Fsp3) is 0. The van der Waals surface area contributed by atoms with E-state index in [-0.39, 0.29) is 107 Å². The van der Waals surface area contributed by atoms with E-state index in [0.29, 0.717) is 0 Å². The Bertz CT molecular complexity index is 24.5. The molecule has 0 aromatic rings. The molecule has 0 fully saturated rings. The largest absolute Gasteiger partial charge is 1.00 e. The van der Waals surface area contributed by atoms with Crippen molar-refractivity contribution >= 4 is 65.1 Å². The van der Waals surface area contributed by atoms with Crippen molar-refractivity contribution in [2.45, 2.75) is 0 Å². The minimum atomic E-state index is 0. The van der Waals surface area contributed by atoms with Gasteiger partial charge < -0.3 is 61.7 Å². The molecule has 0 aromatic carbocycles. The van der Waals surface area contributed by atoms with Crippen LogP contribution in [0.3, 0.4) is 0 Å². The molecule has 0 rings (SSSR count). The fourth-order valence-corrected chi connectivity index (χ4v) is 0. The maximum Gasteiger partial charge on any atom is 1.00 e. The molecule has 0 saturated carbocycles. The first-order chi connectivity index (χ1) is 3.00. The molecule has 0 spiro atoms. The molecule has 0 bridgehead atoms. The van der Waals surface area contributed by atoms with E-state index < -0.39 is 0 Å². The van der Waals surface area contributed by atoms with Gasteiger partial charge in [-0.25, -0.2) is 0 Å². The predicted molar refractivity (Wildman–Crippen MR) is 65.3 cm³/mol. The third-order valence-corrected chi connectivity index (χ3v) is 0. The van der Waals surface area contributed by atoms with Crippen LogP contribution >= 0.6 is 65.1 Å². The van der Waals surface area contributed by atoms with Gasteiger partial charge in [0.05, 0.1) is 0 Å². The van der Waals surface area contributed by atoms with Gasteiger partial charge >= 0.3 is 27.7 Å². The Labute approximate surface area is 170 Å². The first-order valence-corrected chi connectivity index (χ1v) is 3.86. The van der Waals surface area contributed by atoms with E-state index in [1.165, 1.54) is 0 Å². The van der Waals surface area contributed by atoms with E-state index >= 15 is 0 Å². The van der Waals surface area contributed by atoms with Gasteiger partial charge in [-0.05, 0) is 0 Å². The van der Waals surface area contributed by atoms with E-state index in [1.807, 2.05) is 0 Å². The average molecular weight is 638 g/mol. The molecular weight excluding hydrogens is 620 g/mol. The molecule has 16 heteroatoms. The molecule has 0 amide bonds. The van der Waals surface area contributed by atoms with Crippen molar-refractivity contribution in [2.24, 2.45) is 0 Å². The Hall–Kier alpha value is 3.55. The zero-order valence-corrected chi connectivity index (χ0v) is 21.2. The summed E-state index contributed by atoms with van der Waals surface area (Å²) in [5.74, 6) is 0. The molecule has 0 aromatic heterocycles. The van der Waals surface area contributed by atoms with Crippen molar-refractivity contribution in [2.75, 3.05) is 0 Å². The van der Waals surface area contributed by atoms with Crippen LogP contribution in [0, 0.1) is 0 Å². The molecule has 1 radical (unpaired) electrons.